The molecule has 0 bridgehead atoms. The first-order chi connectivity index (χ1) is 16.4. The Morgan fingerprint density at radius 3 is 2.59 bits per heavy atom. The Morgan fingerprint density at radius 1 is 1.21 bits per heavy atom. The fourth-order valence-electron chi connectivity index (χ4n) is 4.51. The first-order valence-corrected chi connectivity index (χ1v) is 11.9. The highest BCUT2D eigenvalue weighted by molar-refractivity contribution is 7.13. The van der Waals surface area contributed by atoms with Crippen LogP contribution < -0.4 is 10.2 Å². The number of para-hydroxylation sites is 1. The van der Waals surface area contributed by atoms with Crippen LogP contribution in [0.3, 0.4) is 0 Å². The van der Waals surface area contributed by atoms with Crippen molar-refractivity contribution in [3.05, 3.63) is 117 Å². The number of nitrogens with zero attached hydrogens (tertiary/aromatic N) is 3. The number of nitrogens with one attached hydrogen (secondary N) is 1. The van der Waals surface area contributed by atoms with Gasteiger partial charge in [-0.1, -0.05) is 56.9 Å². The standard InChI is InChI=1S/C29H26N4S/c1-5-7-11-21(6-2)33(22-12-9-8-10-13-22)23-15-25-27(32-19-23)28-26(29(25,3)4)16-24(34-28)14-20(17-30)18-31/h5-16,19,27,32H,1H2,2-4H3/b11-7-,21-6+. The second kappa shape index (κ2) is 9.43. The molecule has 4 nitrogen and oxygen atoms in total. The van der Waals surface area contributed by atoms with Crippen molar-refractivity contribution in [1.82, 2.24) is 5.32 Å². The molecule has 0 saturated heterocycles. The predicted octanol–water partition coefficient (Wildman–Crippen LogP) is 7.03. The Bertz CT molecular complexity index is 1330. The summed E-state index contributed by atoms with van der Waals surface area (Å²) in [5, 5.41) is 21.9. The zero-order valence-electron chi connectivity index (χ0n) is 19.5. The van der Waals surface area contributed by atoms with Gasteiger partial charge in [0.05, 0.1) is 11.7 Å². The minimum Gasteiger partial charge on any atom is -0.378 e. The van der Waals surface area contributed by atoms with Crippen LogP contribution in [0.5, 0.6) is 0 Å². The lowest BCUT2D eigenvalue weighted by Gasteiger charge is -2.33. The van der Waals surface area contributed by atoms with E-state index >= 15 is 0 Å². The average molecular weight is 463 g/mol. The van der Waals surface area contributed by atoms with Crippen molar-refractivity contribution in [1.29, 1.82) is 10.5 Å². The lowest BCUT2D eigenvalue weighted by atomic mass is 9.81. The first kappa shape index (κ1) is 23.1. The fourth-order valence-corrected chi connectivity index (χ4v) is 5.85. The molecule has 0 spiro atoms. The van der Waals surface area contributed by atoms with Crippen molar-refractivity contribution in [2.45, 2.75) is 32.2 Å². The number of fused-ring (bicyclic) bond motifs is 3. The monoisotopic (exact) mass is 462 g/mol. The summed E-state index contributed by atoms with van der Waals surface area (Å²) >= 11 is 1.64. The third-order valence-electron chi connectivity index (χ3n) is 6.21. The predicted molar refractivity (Wildman–Crippen MR) is 141 cm³/mol. The summed E-state index contributed by atoms with van der Waals surface area (Å²) in [4.78, 5) is 4.40. The number of nitriles is 2. The summed E-state index contributed by atoms with van der Waals surface area (Å²) in [5.41, 5.74) is 5.65. The Balaban J connectivity index is 1.76. The van der Waals surface area contributed by atoms with Crippen LogP contribution in [0.15, 0.2) is 102 Å². The third kappa shape index (κ3) is 4.03. The van der Waals surface area contributed by atoms with Crippen molar-refractivity contribution >= 4 is 23.1 Å². The number of anilines is 1. The molecular formula is C29H26N4S. The Hall–Kier alpha value is -4.06. The van der Waals surface area contributed by atoms with E-state index in [-0.39, 0.29) is 17.0 Å². The number of allylic oxidation sites excluding steroid dienone is 6. The summed E-state index contributed by atoms with van der Waals surface area (Å²) in [6.45, 7) is 10.3. The quantitative estimate of drug-likeness (QED) is 0.370. The van der Waals surface area contributed by atoms with Crippen LogP contribution >= 0.6 is 11.3 Å². The highest BCUT2D eigenvalue weighted by Crippen LogP contribution is 2.54. The molecule has 1 aliphatic carbocycles. The van der Waals surface area contributed by atoms with E-state index < -0.39 is 0 Å². The third-order valence-corrected chi connectivity index (χ3v) is 7.35. The summed E-state index contributed by atoms with van der Waals surface area (Å²) in [7, 11) is 0. The Labute approximate surface area is 205 Å². The molecule has 0 saturated carbocycles. The molecule has 0 radical (unpaired) electrons. The van der Waals surface area contributed by atoms with Crippen molar-refractivity contribution in [2.24, 2.45) is 0 Å². The van der Waals surface area contributed by atoms with Gasteiger partial charge < -0.3 is 10.2 Å². The lowest BCUT2D eigenvalue weighted by molar-refractivity contribution is 0.586. The topological polar surface area (TPSA) is 62.9 Å². The molecule has 2 aliphatic rings. The van der Waals surface area contributed by atoms with Crippen LogP contribution in [-0.4, -0.2) is 0 Å². The van der Waals surface area contributed by atoms with E-state index in [4.69, 9.17) is 10.5 Å². The van der Waals surface area contributed by atoms with Gasteiger partial charge in [0.15, 0.2) is 0 Å². The molecule has 1 N–H and O–H groups in total. The smallest absolute Gasteiger partial charge is 0.131 e. The van der Waals surface area contributed by atoms with Crippen molar-refractivity contribution < 1.29 is 0 Å². The van der Waals surface area contributed by atoms with E-state index in [2.05, 4.69) is 73.3 Å². The van der Waals surface area contributed by atoms with Gasteiger partial charge in [0.2, 0.25) is 0 Å². The molecule has 1 atom stereocenters. The maximum Gasteiger partial charge on any atom is 0.131 e. The SMILES string of the molecule is C=C/C=C\C(=C/C)N(C1=CNC2C(=C1)C(C)(C)c1cc(C=C(C#N)C#N)sc12)c1ccccc1. The molecule has 0 fully saturated rings. The number of benzene rings is 1. The fraction of sp³-hybridized carbons (Fsp3) is 0.172. The van der Waals surface area contributed by atoms with E-state index in [0.717, 1.165) is 22.0 Å². The number of thiophene rings is 1. The second-order valence-corrected chi connectivity index (χ2v) is 9.70. The number of rotatable bonds is 6. The second-order valence-electron chi connectivity index (χ2n) is 8.58. The molecule has 5 heteroatoms. The Morgan fingerprint density at radius 2 is 1.94 bits per heavy atom. The normalized spacial score (nSPS) is 17.9. The van der Waals surface area contributed by atoms with Gasteiger partial charge in [0, 0.05) is 32.8 Å². The molecule has 2 aromatic rings. The lowest BCUT2D eigenvalue weighted by Crippen LogP contribution is -2.30. The van der Waals surface area contributed by atoms with Crippen molar-refractivity contribution in [3.8, 4) is 12.1 Å². The van der Waals surface area contributed by atoms with Crippen molar-refractivity contribution in [2.75, 3.05) is 4.90 Å². The molecule has 4 rings (SSSR count). The Kier molecular flexibility index (Phi) is 6.41. The van der Waals surface area contributed by atoms with Crippen molar-refractivity contribution in [3.63, 3.8) is 0 Å². The molecule has 1 unspecified atom stereocenters. The summed E-state index contributed by atoms with van der Waals surface area (Å²) in [6.07, 6.45) is 13.9. The summed E-state index contributed by atoms with van der Waals surface area (Å²) in [5.74, 6) is 0. The van der Waals surface area contributed by atoms with Crippen LogP contribution in [0.1, 0.15) is 42.1 Å². The highest BCUT2D eigenvalue weighted by atomic mass is 32.1. The van der Waals surface area contributed by atoms with E-state index in [1.165, 1.54) is 16.0 Å². The summed E-state index contributed by atoms with van der Waals surface area (Å²) in [6, 6.07) is 16.4. The van der Waals surface area contributed by atoms with Gasteiger partial charge in [-0.25, -0.2) is 0 Å². The molecular weight excluding hydrogens is 436 g/mol. The van der Waals surface area contributed by atoms with E-state index in [1.54, 1.807) is 23.5 Å². The van der Waals surface area contributed by atoms with Gasteiger partial charge in [-0.2, -0.15) is 10.5 Å². The minimum atomic E-state index is -0.191. The molecule has 168 valence electrons. The van der Waals surface area contributed by atoms with E-state index in [0.29, 0.717) is 0 Å². The molecule has 1 aromatic heterocycles. The molecule has 0 amide bonds. The largest absolute Gasteiger partial charge is 0.378 e. The van der Waals surface area contributed by atoms with Crippen LogP contribution in [0.4, 0.5) is 5.69 Å². The zero-order valence-corrected chi connectivity index (χ0v) is 20.4. The first-order valence-electron chi connectivity index (χ1n) is 11.1. The van der Waals surface area contributed by atoms with Gasteiger partial charge in [-0.3, -0.25) is 0 Å². The van der Waals surface area contributed by atoms with Gasteiger partial charge in [-0.15, -0.1) is 11.3 Å². The van der Waals surface area contributed by atoms with E-state index in [9.17, 15) is 0 Å². The van der Waals surface area contributed by atoms with Crippen LogP contribution in [0.25, 0.3) is 6.08 Å². The van der Waals surface area contributed by atoms with Crippen LogP contribution in [-0.2, 0) is 5.41 Å². The number of dihydropyridines is 1. The van der Waals surface area contributed by atoms with Gasteiger partial charge in [0.1, 0.15) is 17.7 Å². The van der Waals surface area contributed by atoms with Crippen LogP contribution in [0, 0.1) is 22.7 Å². The minimum absolute atomic E-state index is 0.0731. The molecule has 2 heterocycles. The maximum atomic E-state index is 9.13. The molecule has 1 aliphatic heterocycles. The van der Waals surface area contributed by atoms with Crippen LogP contribution in [0.2, 0.25) is 0 Å². The van der Waals surface area contributed by atoms with Gasteiger partial charge in [0.25, 0.3) is 0 Å². The highest BCUT2D eigenvalue weighted by Gasteiger charge is 2.44. The van der Waals surface area contributed by atoms with Gasteiger partial charge in [-0.05, 0) is 54.5 Å². The zero-order chi connectivity index (χ0) is 24.3. The molecule has 34 heavy (non-hydrogen) atoms. The number of hydrogen-bond acceptors (Lipinski definition) is 5. The molecule has 1 aromatic carbocycles. The average Bonchev–Trinajstić information content (AvgIpc) is 3.37. The van der Waals surface area contributed by atoms with E-state index in [1.807, 2.05) is 43.3 Å². The number of hydrogen-bond donors (Lipinski definition) is 1. The summed E-state index contributed by atoms with van der Waals surface area (Å²) < 4.78 is 0. The maximum absolute atomic E-state index is 9.13. The van der Waals surface area contributed by atoms with Gasteiger partial charge >= 0.3 is 0 Å².